The zero-order chi connectivity index (χ0) is 27.9. The molecule has 0 amide bonds. The molecule has 0 aromatic rings. The van der Waals surface area contributed by atoms with Crippen molar-refractivity contribution >= 4 is 11.9 Å². The van der Waals surface area contributed by atoms with Gasteiger partial charge in [-0.15, -0.1) is 0 Å². The molecule has 0 aliphatic rings. The highest BCUT2D eigenvalue weighted by Gasteiger charge is 2.21. The Labute approximate surface area is 237 Å². The van der Waals surface area contributed by atoms with Crippen LogP contribution in [0.15, 0.2) is 0 Å². The number of aliphatic carboxylic acids is 1. The lowest BCUT2D eigenvalue weighted by molar-refractivity contribution is -0.164. The molecule has 0 saturated heterocycles. The molecular formula is C34H66O4. The van der Waals surface area contributed by atoms with Gasteiger partial charge in [0.15, 0.2) is 6.10 Å². The van der Waals surface area contributed by atoms with E-state index in [1.165, 1.54) is 135 Å². The lowest BCUT2D eigenvalue weighted by Crippen LogP contribution is -2.27. The molecule has 0 radical (unpaired) electrons. The number of rotatable bonds is 31. The van der Waals surface area contributed by atoms with E-state index in [1.54, 1.807) is 0 Å². The molecule has 0 aromatic carbocycles. The number of carboxylic acids is 1. The van der Waals surface area contributed by atoms with Gasteiger partial charge in [0.2, 0.25) is 0 Å². The lowest BCUT2D eigenvalue weighted by atomic mass is 10.0. The normalized spacial score (nSPS) is 12.1. The molecule has 4 nitrogen and oxygen atoms in total. The van der Waals surface area contributed by atoms with Crippen molar-refractivity contribution in [3.63, 3.8) is 0 Å². The molecule has 1 unspecified atom stereocenters. The fraction of sp³-hybridized carbons (Fsp3) is 0.941. The maximum atomic E-state index is 12.1. The minimum Gasteiger partial charge on any atom is -0.479 e. The van der Waals surface area contributed by atoms with Crippen molar-refractivity contribution in [2.75, 3.05) is 0 Å². The lowest BCUT2D eigenvalue weighted by Gasteiger charge is -2.13. The van der Waals surface area contributed by atoms with E-state index in [9.17, 15) is 14.7 Å². The van der Waals surface area contributed by atoms with Crippen LogP contribution < -0.4 is 0 Å². The standard InChI is InChI=1S/C34H66O4/c1-3-5-7-9-11-13-15-16-17-18-19-21-22-24-26-28-30-32(34(36)37)38-33(35)31-29-27-25-23-20-14-12-10-8-6-4-2/h32H,3-31H2,1-2H3,(H,36,37). The summed E-state index contributed by atoms with van der Waals surface area (Å²) in [5.41, 5.74) is 0. The van der Waals surface area contributed by atoms with Crippen molar-refractivity contribution in [3.8, 4) is 0 Å². The van der Waals surface area contributed by atoms with Gasteiger partial charge in [-0.25, -0.2) is 4.79 Å². The number of ether oxygens (including phenoxy) is 1. The van der Waals surface area contributed by atoms with Gasteiger partial charge < -0.3 is 9.84 Å². The Bertz CT molecular complexity index is 505. The number of carbonyl (C=O) groups is 2. The Hall–Kier alpha value is -1.06. The quantitative estimate of drug-likeness (QED) is 0.0704. The van der Waals surface area contributed by atoms with Gasteiger partial charge in [0, 0.05) is 6.42 Å². The first-order valence-corrected chi connectivity index (χ1v) is 17.0. The van der Waals surface area contributed by atoms with Gasteiger partial charge in [-0.05, 0) is 19.3 Å². The van der Waals surface area contributed by atoms with Gasteiger partial charge in [0.1, 0.15) is 0 Å². The van der Waals surface area contributed by atoms with Crippen molar-refractivity contribution in [2.24, 2.45) is 0 Å². The zero-order valence-corrected chi connectivity index (χ0v) is 25.8. The predicted molar refractivity (Wildman–Crippen MR) is 163 cm³/mol. The third kappa shape index (κ3) is 28.0. The highest BCUT2D eigenvalue weighted by Crippen LogP contribution is 2.16. The number of hydrogen-bond acceptors (Lipinski definition) is 3. The first kappa shape index (κ1) is 36.9. The summed E-state index contributed by atoms with van der Waals surface area (Å²) in [6.45, 7) is 4.52. The van der Waals surface area contributed by atoms with Crippen LogP contribution in [-0.2, 0) is 14.3 Å². The van der Waals surface area contributed by atoms with Crippen molar-refractivity contribution in [3.05, 3.63) is 0 Å². The van der Waals surface area contributed by atoms with Crippen molar-refractivity contribution in [1.82, 2.24) is 0 Å². The molecule has 0 aliphatic carbocycles. The molecule has 0 spiro atoms. The van der Waals surface area contributed by atoms with E-state index in [1.807, 2.05) is 0 Å². The average molecular weight is 539 g/mol. The van der Waals surface area contributed by atoms with E-state index in [4.69, 9.17) is 4.74 Å². The second-order valence-electron chi connectivity index (χ2n) is 11.7. The summed E-state index contributed by atoms with van der Waals surface area (Å²) in [7, 11) is 0. The third-order valence-electron chi connectivity index (χ3n) is 7.85. The summed E-state index contributed by atoms with van der Waals surface area (Å²) in [6.07, 6.45) is 34.2. The van der Waals surface area contributed by atoms with Crippen LogP contribution in [0.25, 0.3) is 0 Å². The molecule has 0 fully saturated rings. The summed E-state index contributed by atoms with van der Waals surface area (Å²) >= 11 is 0. The summed E-state index contributed by atoms with van der Waals surface area (Å²) in [5.74, 6) is -1.34. The molecule has 0 rings (SSSR count). The van der Waals surface area contributed by atoms with Gasteiger partial charge in [-0.3, -0.25) is 4.79 Å². The molecule has 0 aliphatic heterocycles. The van der Waals surface area contributed by atoms with E-state index in [0.29, 0.717) is 12.8 Å². The Morgan fingerprint density at radius 1 is 0.474 bits per heavy atom. The molecule has 4 heteroatoms. The molecule has 0 aromatic heterocycles. The van der Waals surface area contributed by atoms with E-state index in [2.05, 4.69) is 13.8 Å². The second kappa shape index (κ2) is 30.5. The molecule has 226 valence electrons. The minimum atomic E-state index is -1.00. The van der Waals surface area contributed by atoms with Crippen molar-refractivity contribution in [1.29, 1.82) is 0 Å². The Kier molecular flexibility index (Phi) is 29.6. The monoisotopic (exact) mass is 538 g/mol. The molecule has 38 heavy (non-hydrogen) atoms. The second-order valence-corrected chi connectivity index (χ2v) is 11.7. The average Bonchev–Trinajstić information content (AvgIpc) is 2.90. The number of esters is 1. The molecule has 0 saturated carbocycles. The maximum absolute atomic E-state index is 12.1. The Morgan fingerprint density at radius 2 is 0.763 bits per heavy atom. The Balaban J connectivity index is 3.53. The highest BCUT2D eigenvalue weighted by molar-refractivity contribution is 5.77. The van der Waals surface area contributed by atoms with Gasteiger partial charge in [-0.1, -0.05) is 174 Å². The first-order chi connectivity index (χ1) is 18.6. The molecule has 0 heterocycles. The number of unbranched alkanes of at least 4 members (excludes halogenated alkanes) is 25. The first-order valence-electron chi connectivity index (χ1n) is 17.0. The Morgan fingerprint density at radius 3 is 1.08 bits per heavy atom. The van der Waals surface area contributed by atoms with E-state index >= 15 is 0 Å². The minimum absolute atomic E-state index is 0.343. The third-order valence-corrected chi connectivity index (χ3v) is 7.85. The maximum Gasteiger partial charge on any atom is 0.345 e. The molecule has 0 bridgehead atoms. The van der Waals surface area contributed by atoms with Gasteiger partial charge in [-0.2, -0.15) is 0 Å². The number of carbonyl (C=O) groups excluding carboxylic acids is 1. The van der Waals surface area contributed by atoms with E-state index in [-0.39, 0.29) is 5.97 Å². The predicted octanol–water partition coefficient (Wildman–Crippen LogP) is 11.3. The van der Waals surface area contributed by atoms with Crippen LogP contribution in [-0.4, -0.2) is 23.1 Å². The number of hydrogen-bond donors (Lipinski definition) is 1. The fourth-order valence-electron chi connectivity index (χ4n) is 5.26. The molecule has 1 N–H and O–H groups in total. The fourth-order valence-corrected chi connectivity index (χ4v) is 5.26. The van der Waals surface area contributed by atoms with Crippen LogP contribution in [0, 0.1) is 0 Å². The highest BCUT2D eigenvalue weighted by atomic mass is 16.6. The van der Waals surface area contributed by atoms with E-state index in [0.717, 1.165) is 38.5 Å². The smallest absolute Gasteiger partial charge is 0.345 e. The largest absolute Gasteiger partial charge is 0.479 e. The van der Waals surface area contributed by atoms with Crippen LogP contribution in [0.3, 0.4) is 0 Å². The summed E-state index contributed by atoms with van der Waals surface area (Å²) in [5, 5.41) is 9.43. The van der Waals surface area contributed by atoms with Crippen LogP contribution in [0.4, 0.5) is 0 Å². The summed E-state index contributed by atoms with van der Waals surface area (Å²) < 4.78 is 5.29. The van der Waals surface area contributed by atoms with Gasteiger partial charge in [0.05, 0.1) is 0 Å². The topological polar surface area (TPSA) is 63.6 Å². The van der Waals surface area contributed by atoms with Gasteiger partial charge >= 0.3 is 11.9 Å². The van der Waals surface area contributed by atoms with Crippen molar-refractivity contribution < 1.29 is 19.4 Å². The number of carboxylic acid groups (broad SMARTS) is 1. The molecular weight excluding hydrogens is 472 g/mol. The summed E-state index contributed by atoms with van der Waals surface area (Å²) in [6, 6.07) is 0. The molecule has 1 atom stereocenters. The SMILES string of the molecule is CCCCCCCCCCCCCCCCCCC(OC(=O)CCCCCCCCCCCCC)C(=O)O. The van der Waals surface area contributed by atoms with Crippen molar-refractivity contribution in [2.45, 2.75) is 206 Å². The van der Waals surface area contributed by atoms with Crippen LogP contribution in [0.2, 0.25) is 0 Å². The summed E-state index contributed by atoms with van der Waals surface area (Å²) in [4.78, 5) is 23.6. The van der Waals surface area contributed by atoms with Crippen LogP contribution in [0.5, 0.6) is 0 Å². The van der Waals surface area contributed by atoms with Crippen LogP contribution >= 0.6 is 0 Å². The van der Waals surface area contributed by atoms with E-state index < -0.39 is 12.1 Å². The van der Waals surface area contributed by atoms with Gasteiger partial charge in [0.25, 0.3) is 0 Å². The zero-order valence-electron chi connectivity index (χ0n) is 25.8. The van der Waals surface area contributed by atoms with Crippen LogP contribution in [0.1, 0.15) is 200 Å².